The molecule has 19 heavy (non-hydrogen) atoms. The number of amides is 1. The monoisotopic (exact) mass is 274 g/mol. The molecule has 0 spiro atoms. The van der Waals surface area contributed by atoms with E-state index in [9.17, 15) is 4.79 Å². The highest BCUT2D eigenvalue weighted by Gasteiger charge is 2.15. The predicted octanol–water partition coefficient (Wildman–Crippen LogP) is 3.88. The summed E-state index contributed by atoms with van der Waals surface area (Å²) in [7, 11) is 0. The maximum atomic E-state index is 11.8. The third-order valence-corrected chi connectivity index (χ3v) is 3.85. The Balaban J connectivity index is 2.27. The molecule has 2 aromatic rings. The summed E-state index contributed by atoms with van der Waals surface area (Å²) < 4.78 is 0. The van der Waals surface area contributed by atoms with Crippen molar-refractivity contribution in [2.45, 2.75) is 27.2 Å². The zero-order valence-electron chi connectivity index (χ0n) is 11.5. The molecule has 0 aliphatic heterocycles. The normalized spacial score (nSPS) is 10.5. The molecule has 0 saturated heterocycles. The minimum atomic E-state index is 0.118. The van der Waals surface area contributed by atoms with Crippen molar-refractivity contribution >= 4 is 22.4 Å². The van der Waals surface area contributed by atoms with Gasteiger partial charge in [-0.1, -0.05) is 36.8 Å². The van der Waals surface area contributed by atoms with Gasteiger partial charge in [-0.15, -0.1) is 11.3 Å². The second-order valence-electron chi connectivity index (χ2n) is 4.37. The Labute approximate surface area is 117 Å². The summed E-state index contributed by atoms with van der Waals surface area (Å²) in [5, 5.41) is 2.79. The van der Waals surface area contributed by atoms with Gasteiger partial charge in [-0.05, 0) is 13.8 Å². The first-order valence-corrected chi connectivity index (χ1v) is 7.36. The summed E-state index contributed by atoms with van der Waals surface area (Å²) >= 11 is 1.52. The first-order valence-electron chi connectivity index (χ1n) is 6.48. The number of hydrogen-bond donors (Lipinski definition) is 0. The topological polar surface area (TPSA) is 33.2 Å². The number of aromatic nitrogens is 1. The maximum absolute atomic E-state index is 11.8. The minimum absolute atomic E-state index is 0.118. The maximum Gasteiger partial charge on any atom is 0.228 e. The Bertz CT molecular complexity index is 560. The van der Waals surface area contributed by atoms with Gasteiger partial charge in [0, 0.05) is 23.9 Å². The average Bonchev–Trinajstić information content (AvgIpc) is 2.89. The number of anilines is 1. The molecule has 0 saturated carbocycles. The molecule has 2 rings (SSSR count). The molecular weight excluding hydrogens is 256 g/mol. The molecule has 3 nitrogen and oxygen atoms in total. The van der Waals surface area contributed by atoms with Gasteiger partial charge in [0.2, 0.25) is 5.91 Å². The molecule has 1 aromatic heterocycles. The van der Waals surface area contributed by atoms with Gasteiger partial charge >= 0.3 is 0 Å². The van der Waals surface area contributed by atoms with E-state index < -0.39 is 0 Å². The number of thiazole rings is 1. The molecule has 1 heterocycles. The summed E-state index contributed by atoms with van der Waals surface area (Å²) in [5.41, 5.74) is 3.26. The third-order valence-electron chi connectivity index (χ3n) is 2.99. The van der Waals surface area contributed by atoms with Crippen molar-refractivity contribution in [3.63, 3.8) is 0 Å². The highest BCUT2D eigenvalue weighted by atomic mass is 32.1. The van der Waals surface area contributed by atoms with E-state index in [0.717, 1.165) is 16.4 Å². The number of carbonyl (C=O) groups is 1. The van der Waals surface area contributed by atoms with Crippen LogP contribution >= 0.6 is 11.3 Å². The molecular formula is C15H18N2OS. The lowest BCUT2D eigenvalue weighted by molar-refractivity contribution is -0.118. The van der Waals surface area contributed by atoms with Crippen LogP contribution in [0.1, 0.15) is 25.8 Å². The second-order valence-corrected chi connectivity index (χ2v) is 5.21. The Hall–Kier alpha value is -1.68. The predicted molar refractivity (Wildman–Crippen MR) is 80.6 cm³/mol. The quantitative estimate of drug-likeness (QED) is 0.847. The lowest BCUT2D eigenvalue weighted by atomic mass is 10.1. The molecule has 0 unspecified atom stereocenters. The first kappa shape index (κ1) is 13.7. The van der Waals surface area contributed by atoms with Crippen LogP contribution in [0.25, 0.3) is 11.3 Å². The van der Waals surface area contributed by atoms with Gasteiger partial charge in [-0.2, -0.15) is 0 Å². The van der Waals surface area contributed by atoms with Crippen molar-refractivity contribution in [1.82, 2.24) is 4.98 Å². The van der Waals surface area contributed by atoms with Gasteiger partial charge < -0.3 is 0 Å². The molecule has 0 bridgehead atoms. The Kier molecular flexibility index (Phi) is 4.32. The zero-order chi connectivity index (χ0) is 13.8. The molecule has 0 aliphatic carbocycles. The number of carbonyl (C=O) groups excluding carboxylic acids is 1. The van der Waals surface area contributed by atoms with Gasteiger partial charge in [0.25, 0.3) is 0 Å². The van der Waals surface area contributed by atoms with Crippen molar-refractivity contribution in [1.29, 1.82) is 0 Å². The first-order chi connectivity index (χ1) is 9.15. The van der Waals surface area contributed by atoms with Crippen LogP contribution in [0.4, 0.5) is 5.13 Å². The second kappa shape index (κ2) is 5.97. The van der Waals surface area contributed by atoms with E-state index in [2.05, 4.69) is 36.2 Å². The van der Waals surface area contributed by atoms with Crippen LogP contribution in [-0.4, -0.2) is 17.4 Å². The number of nitrogens with zero attached hydrogens (tertiary/aromatic N) is 2. The molecule has 0 N–H and O–H groups in total. The van der Waals surface area contributed by atoms with E-state index in [1.807, 2.05) is 19.2 Å². The molecule has 1 aromatic carbocycles. The number of aryl methyl sites for hydroxylation is 1. The van der Waals surface area contributed by atoms with Gasteiger partial charge in [0.05, 0.1) is 5.69 Å². The average molecular weight is 274 g/mol. The van der Waals surface area contributed by atoms with Crippen LogP contribution in [0, 0.1) is 6.92 Å². The number of benzene rings is 1. The van der Waals surface area contributed by atoms with Gasteiger partial charge in [-0.3, -0.25) is 9.69 Å². The summed E-state index contributed by atoms with van der Waals surface area (Å²) in [6.45, 7) is 6.57. The summed E-state index contributed by atoms with van der Waals surface area (Å²) in [6.07, 6.45) is 0.507. The third kappa shape index (κ3) is 3.01. The van der Waals surface area contributed by atoms with Crippen molar-refractivity contribution in [3.05, 3.63) is 35.2 Å². The van der Waals surface area contributed by atoms with Crippen LogP contribution < -0.4 is 4.90 Å². The van der Waals surface area contributed by atoms with Gasteiger partial charge in [0.15, 0.2) is 5.13 Å². The van der Waals surface area contributed by atoms with Gasteiger partial charge in [0.1, 0.15) is 0 Å². The molecule has 0 aliphatic rings. The molecule has 100 valence electrons. The largest absolute Gasteiger partial charge is 0.288 e. The van der Waals surface area contributed by atoms with Crippen molar-refractivity contribution in [2.24, 2.45) is 0 Å². The SMILES string of the molecule is CCC(=O)N(CC)c1nc(-c2ccc(C)cc2)cs1. The molecule has 1 amide bonds. The van der Waals surface area contributed by atoms with E-state index in [0.29, 0.717) is 13.0 Å². The standard InChI is InChI=1S/C15H18N2OS/c1-4-14(18)17(5-2)15-16-13(10-19-15)12-8-6-11(3)7-9-12/h6-10H,4-5H2,1-3H3. The van der Waals surface area contributed by atoms with Crippen LogP contribution in [-0.2, 0) is 4.79 Å². The van der Waals surface area contributed by atoms with E-state index in [4.69, 9.17) is 0 Å². The fourth-order valence-corrected chi connectivity index (χ4v) is 2.77. The molecule has 0 fully saturated rings. The Morgan fingerprint density at radius 1 is 1.26 bits per heavy atom. The number of hydrogen-bond acceptors (Lipinski definition) is 3. The highest BCUT2D eigenvalue weighted by molar-refractivity contribution is 7.14. The lowest BCUT2D eigenvalue weighted by Crippen LogP contribution is -2.29. The highest BCUT2D eigenvalue weighted by Crippen LogP contribution is 2.27. The van der Waals surface area contributed by atoms with Crippen molar-refractivity contribution in [2.75, 3.05) is 11.4 Å². The van der Waals surface area contributed by atoms with E-state index in [-0.39, 0.29) is 5.91 Å². The zero-order valence-corrected chi connectivity index (χ0v) is 12.3. The van der Waals surface area contributed by atoms with E-state index >= 15 is 0 Å². The minimum Gasteiger partial charge on any atom is -0.288 e. The fourth-order valence-electron chi connectivity index (χ4n) is 1.85. The Morgan fingerprint density at radius 3 is 2.53 bits per heavy atom. The van der Waals surface area contributed by atoms with Crippen LogP contribution in [0.2, 0.25) is 0 Å². The number of rotatable bonds is 4. The van der Waals surface area contributed by atoms with Crippen LogP contribution in [0.5, 0.6) is 0 Å². The summed E-state index contributed by atoms with van der Waals surface area (Å²) in [6, 6.07) is 8.27. The van der Waals surface area contributed by atoms with Crippen molar-refractivity contribution < 1.29 is 4.79 Å². The van der Waals surface area contributed by atoms with E-state index in [1.165, 1.54) is 16.9 Å². The molecule has 0 atom stereocenters. The lowest BCUT2D eigenvalue weighted by Gasteiger charge is -2.16. The Morgan fingerprint density at radius 2 is 1.95 bits per heavy atom. The smallest absolute Gasteiger partial charge is 0.228 e. The van der Waals surface area contributed by atoms with Gasteiger partial charge in [-0.25, -0.2) is 4.98 Å². The molecule has 4 heteroatoms. The summed E-state index contributed by atoms with van der Waals surface area (Å²) in [5.74, 6) is 0.118. The fraction of sp³-hybridized carbons (Fsp3) is 0.333. The van der Waals surface area contributed by atoms with E-state index in [1.54, 1.807) is 4.90 Å². The van der Waals surface area contributed by atoms with Crippen LogP contribution in [0.15, 0.2) is 29.6 Å². The summed E-state index contributed by atoms with van der Waals surface area (Å²) in [4.78, 5) is 18.1. The van der Waals surface area contributed by atoms with Crippen molar-refractivity contribution in [3.8, 4) is 11.3 Å². The van der Waals surface area contributed by atoms with Crippen LogP contribution in [0.3, 0.4) is 0 Å². The molecule has 0 radical (unpaired) electrons.